The lowest BCUT2D eigenvalue weighted by molar-refractivity contribution is 0.00167. The predicted molar refractivity (Wildman–Crippen MR) is 55.4 cm³/mol. The quantitative estimate of drug-likeness (QED) is 0.491. The Morgan fingerprint density at radius 2 is 2.00 bits per heavy atom. The molecule has 0 bridgehead atoms. The van der Waals surface area contributed by atoms with Crippen molar-refractivity contribution < 1.29 is 0 Å². The summed E-state index contributed by atoms with van der Waals surface area (Å²) in [5, 5.41) is 0. The first-order valence-corrected chi connectivity index (χ1v) is 5.66. The fourth-order valence-corrected chi connectivity index (χ4v) is 3.89. The molecule has 3 aliphatic rings. The molecule has 70 valence electrons. The van der Waals surface area contributed by atoms with E-state index in [4.69, 9.17) is 0 Å². The molecule has 0 unspecified atom stereocenters. The van der Waals surface area contributed by atoms with Crippen LogP contribution in [0, 0.1) is 16.7 Å². The fraction of sp³-hybridized carbons (Fsp3) is 0.692. The summed E-state index contributed by atoms with van der Waals surface area (Å²) in [6.07, 6.45) is 17.0. The summed E-state index contributed by atoms with van der Waals surface area (Å²) in [5.74, 6) is 0.784. The molecule has 13 heavy (non-hydrogen) atoms. The summed E-state index contributed by atoms with van der Waals surface area (Å²) < 4.78 is 0. The first kappa shape index (κ1) is 7.84. The van der Waals surface area contributed by atoms with E-state index in [0.717, 1.165) is 5.92 Å². The molecule has 3 atom stereocenters. The van der Waals surface area contributed by atoms with Crippen LogP contribution in [0.3, 0.4) is 0 Å². The van der Waals surface area contributed by atoms with Gasteiger partial charge in [-0.25, -0.2) is 0 Å². The largest absolute Gasteiger partial charge is 0.0873 e. The monoisotopic (exact) mass is 174 g/mol. The Labute approximate surface area is 80.7 Å². The van der Waals surface area contributed by atoms with Crippen LogP contribution in [0.25, 0.3) is 0 Å². The Morgan fingerprint density at radius 1 is 1.15 bits per heavy atom. The van der Waals surface area contributed by atoms with Gasteiger partial charge in [0.2, 0.25) is 0 Å². The minimum absolute atomic E-state index is 0.583. The van der Waals surface area contributed by atoms with E-state index >= 15 is 0 Å². The summed E-state index contributed by atoms with van der Waals surface area (Å²) >= 11 is 0. The van der Waals surface area contributed by atoms with E-state index in [9.17, 15) is 0 Å². The van der Waals surface area contributed by atoms with Crippen molar-refractivity contribution in [2.75, 3.05) is 0 Å². The van der Waals surface area contributed by atoms with Gasteiger partial charge in [0, 0.05) is 10.8 Å². The van der Waals surface area contributed by atoms with Crippen LogP contribution in [0.5, 0.6) is 0 Å². The third-order valence-corrected chi connectivity index (χ3v) is 4.81. The highest BCUT2D eigenvalue weighted by Crippen LogP contribution is 2.66. The normalized spacial score (nSPS) is 52.2. The Bertz CT molecular complexity index is 286. The van der Waals surface area contributed by atoms with Gasteiger partial charge in [-0.05, 0) is 25.2 Å². The molecule has 0 N–H and O–H groups in total. The van der Waals surface area contributed by atoms with Gasteiger partial charge in [-0.3, -0.25) is 0 Å². The van der Waals surface area contributed by atoms with Gasteiger partial charge >= 0.3 is 0 Å². The molecule has 3 aliphatic carbocycles. The minimum atomic E-state index is 0.583. The van der Waals surface area contributed by atoms with Gasteiger partial charge in [-0.1, -0.05) is 44.1 Å². The summed E-state index contributed by atoms with van der Waals surface area (Å²) in [5.41, 5.74) is 1.18. The molecule has 0 aromatic rings. The predicted octanol–water partition coefficient (Wildman–Crippen LogP) is 3.70. The number of rotatable bonds is 0. The average Bonchev–Trinajstić information content (AvgIpc) is 2.11. The fourth-order valence-electron chi connectivity index (χ4n) is 3.89. The molecule has 0 nitrogen and oxygen atoms in total. The Kier molecular flexibility index (Phi) is 1.38. The van der Waals surface area contributed by atoms with Crippen molar-refractivity contribution in [2.45, 2.75) is 39.0 Å². The van der Waals surface area contributed by atoms with Crippen molar-refractivity contribution in [3.63, 3.8) is 0 Å². The first-order valence-electron chi connectivity index (χ1n) is 5.66. The maximum absolute atomic E-state index is 2.51. The Hall–Kier alpha value is -0.520. The van der Waals surface area contributed by atoms with E-state index in [1.54, 1.807) is 0 Å². The lowest BCUT2D eigenvalue weighted by Gasteiger charge is -2.61. The molecule has 0 aliphatic heterocycles. The van der Waals surface area contributed by atoms with Gasteiger partial charge in [-0.2, -0.15) is 0 Å². The van der Waals surface area contributed by atoms with Gasteiger partial charge in [0.25, 0.3) is 0 Å². The molecular formula is C13H18. The molecule has 0 saturated heterocycles. The molecule has 0 heterocycles. The highest BCUT2D eigenvalue weighted by molar-refractivity contribution is 5.34. The summed E-state index contributed by atoms with van der Waals surface area (Å²) in [7, 11) is 0. The third kappa shape index (κ3) is 0.734. The Morgan fingerprint density at radius 3 is 2.69 bits per heavy atom. The summed E-state index contributed by atoms with van der Waals surface area (Å²) in [4.78, 5) is 0. The zero-order valence-corrected chi connectivity index (χ0v) is 8.42. The molecule has 0 aromatic heterocycles. The second-order valence-corrected chi connectivity index (χ2v) is 5.16. The van der Waals surface area contributed by atoms with Crippen molar-refractivity contribution in [1.29, 1.82) is 0 Å². The zero-order chi connectivity index (χ0) is 8.94. The highest BCUT2D eigenvalue weighted by Gasteiger charge is 2.57. The van der Waals surface area contributed by atoms with Gasteiger partial charge in [0.1, 0.15) is 0 Å². The van der Waals surface area contributed by atoms with Crippen molar-refractivity contribution in [3.05, 3.63) is 24.3 Å². The van der Waals surface area contributed by atoms with Crippen LogP contribution in [0.4, 0.5) is 0 Å². The molecule has 0 spiro atoms. The molecular weight excluding hydrogens is 156 g/mol. The van der Waals surface area contributed by atoms with E-state index < -0.39 is 0 Å². The molecule has 0 radical (unpaired) electrons. The van der Waals surface area contributed by atoms with E-state index in [1.165, 1.54) is 32.1 Å². The second kappa shape index (κ2) is 2.29. The van der Waals surface area contributed by atoms with Crippen molar-refractivity contribution in [3.8, 4) is 0 Å². The minimum Gasteiger partial charge on any atom is -0.0873 e. The SMILES string of the molecule is C[C@@H]1C=CC[C@]23C=C[C@@]12CCCC3. The average molecular weight is 174 g/mol. The lowest BCUT2D eigenvalue weighted by atomic mass is 9.43. The summed E-state index contributed by atoms with van der Waals surface area (Å²) in [6, 6.07) is 0. The van der Waals surface area contributed by atoms with Gasteiger partial charge in [0.05, 0.1) is 0 Å². The smallest absolute Gasteiger partial charge is 0.00359 e. The maximum atomic E-state index is 2.51. The zero-order valence-electron chi connectivity index (χ0n) is 8.42. The van der Waals surface area contributed by atoms with E-state index in [-0.39, 0.29) is 0 Å². The van der Waals surface area contributed by atoms with Gasteiger partial charge in [0.15, 0.2) is 0 Å². The van der Waals surface area contributed by atoms with Gasteiger partial charge in [-0.15, -0.1) is 0 Å². The first-order chi connectivity index (χ1) is 6.29. The molecule has 3 rings (SSSR count). The van der Waals surface area contributed by atoms with Crippen LogP contribution in [0.2, 0.25) is 0 Å². The lowest BCUT2D eigenvalue weighted by Crippen LogP contribution is -2.52. The van der Waals surface area contributed by atoms with Crippen LogP contribution in [0.1, 0.15) is 39.0 Å². The van der Waals surface area contributed by atoms with Crippen LogP contribution in [-0.2, 0) is 0 Å². The van der Waals surface area contributed by atoms with E-state index in [0.29, 0.717) is 10.8 Å². The standard InChI is InChI=1S/C13H18/c1-11-5-4-7-12-6-2-3-8-13(11,12)10-9-12/h4-5,9-11H,2-3,6-8H2,1H3/t11-,12-,13+/m1/s1. The van der Waals surface area contributed by atoms with Crippen LogP contribution < -0.4 is 0 Å². The van der Waals surface area contributed by atoms with Crippen LogP contribution in [-0.4, -0.2) is 0 Å². The number of hydrogen-bond donors (Lipinski definition) is 0. The molecule has 0 amide bonds. The summed E-state index contributed by atoms with van der Waals surface area (Å²) in [6.45, 7) is 2.40. The topological polar surface area (TPSA) is 0 Å². The highest BCUT2D eigenvalue weighted by atomic mass is 14.6. The number of hydrogen-bond acceptors (Lipinski definition) is 0. The van der Waals surface area contributed by atoms with Crippen molar-refractivity contribution in [1.82, 2.24) is 0 Å². The maximum Gasteiger partial charge on any atom is 0.00359 e. The van der Waals surface area contributed by atoms with Crippen LogP contribution in [0.15, 0.2) is 24.3 Å². The number of allylic oxidation sites excluding steroid dienone is 4. The molecule has 0 heteroatoms. The van der Waals surface area contributed by atoms with E-state index in [2.05, 4.69) is 31.2 Å². The molecule has 1 fully saturated rings. The van der Waals surface area contributed by atoms with E-state index in [1.807, 2.05) is 0 Å². The Balaban J connectivity index is 2.07. The van der Waals surface area contributed by atoms with Crippen LogP contribution >= 0.6 is 0 Å². The third-order valence-electron chi connectivity index (χ3n) is 4.81. The van der Waals surface area contributed by atoms with Gasteiger partial charge < -0.3 is 0 Å². The van der Waals surface area contributed by atoms with Crippen molar-refractivity contribution in [2.24, 2.45) is 16.7 Å². The molecule has 1 saturated carbocycles. The molecule has 0 aromatic carbocycles. The second-order valence-electron chi connectivity index (χ2n) is 5.16. The van der Waals surface area contributed by atoms with Crippen molar-refractivity contribution >= 4 is 0 Å².